The number of benzene rings is 2. The van der Waals surface area contributed by atoms with Gasteiger partial charge >= 0.3 is 0 Å². The summed E-state index contributed by atoms with van der Waals surface area (Å²) in [6, 6.07) is 19.9. The fourth-order valence-corrected chi connectivity index (χ4v) is 3.02. The highest BCUT2D eigenvalue weighted by Gasteiger charge is 2.12. The average molecular weight is 441 g/mol. The number of pyridine rings is 1. The molecule has 0 saturated heterocycles. The third-order valence-corrected chi connectivity index (χ3v) is 4.81. The van der Waals surface area contributed by atoms with Crippen molar-refractivity contribution in [3.63, 3.8) is 0 Å². The minimum atomic E-state index is -0.236. The lowest BCUT2D eigenvalue weighted by Crippen LogP contribution is -2.17. The first-order chi connectivity index (χ1) is 16.0. The minimum absolute atomic E-state index is 0.0949. The Balaban J connectivity index is 1.41. The average Bonchev–Trinajstić information content (AvgIpc) is 2.84. The van der Waals surface area contributed by atoms with Crippen molar-refractivity contribution in [2.45, 2.75) is 6.54 Å². The molecule has 1 amide bonds. The number of amides is 1. The Bertz CT molecular complexity index is 1250. The van der Waals surface area contributed by atoms with Gasteiger partial charge in [0.25, 0.3) is 5.91 Å². The number of nitrogens with zero attached hydrogens (tertiary/aromatic N) is 5. The molecule has 4 rings (SSSR count). The number of hydrogen-bond donors (Lipinski definition) is 4. The van der Waals surface area contributed by atoms with E-state index in [1.54, 1.807) is 42.4 Å². The normalized spacial score (nSPS) is 10.5. The number of carbonyl (C=O) groups is 1. The van der Waals surface area contributed by atoms with Gasteiger partial charge in [0.05, 0.1) is 11.4 Å². The van der Waals surface area contributed by atoms with Crippen molar-refractivity contribution in [2.75, 3.05) is 34.0 Å². The first-order valence-corrected chi connectivity index (χ1v) is 10.1. The fourth-order valence-electron chi connectivity index (χ4n) is 3.02. The van der Waals surface area contributed by atoms with Crippen LogP contribution in [0.2, 0.25) is 0 Å². The van der Waals surface area contributed by atoms with Crippen LogP contribution in [0.3, 0.4) is 0 Å². The van der Waals surface area contributed by atoms with Gasteiger partial charge in [-0.25, -0.2) is 4.98 Å². The Morgan fingerprint density at radius 1 is 0.939 bits per heavy atom. The van der Waals surface area contributed by atoms with E-state index in [0.717, 1.165) is 5.56 Å². The maximum atomic E-state index is 12.5. The molecule has 0 saturated carbocycles. The van der Waals surface area contributed by atoms with Crippen molar-refractivity contribution in [1.29, 1.82) is 0 Å². The van der Waals surface area contributed by atoms with Gasteiger partial charge in [-0.15, -0.1) is 0 Å². The van der Waals surface area contributed by atoms with E-state index in [4.69, 9.17) is 11.5 Å². The second-order valence-corrected chi connectivity index (χ2v) is 7.16. The molecule has 166 valence electrons. The van der Waals surface area contributed by atoms with Crippen molar-refractivity contribution in [3.8, 4) is 0 Å². The van der Waals surface area contributed by atoms with Gasteiger partial charge in [-0.3, -0.25) is 9.69 Å². The third-order valence-electron chi connectivity index (χ3n) is 4.81. The number of hydrogen-bond acceptors (Lipinski definition) is 9. The van der Waals surface area contributed by atoms with Crippen LogP contribution in [0.4, 0.5) is 35.0 Å². The molecular formula is C23H23N9O. The molecule has 10 nitrogen and oxygen atoms in total. The number of nitrogens with two attached hydrogens (primary N) is 2. The van der Waals surface area contributed by atoms with E-state index in [1.165, 1.54) is 0 Å². The lowest BCUT2D eigenvalue weighted by Gasteiger charge is -2.16. The maximum Gasteiger partial charge on any atom is 0.255 e. The fraction of sp³-hybridized carbons (Fsp3) is 0.0870. The molecule has 10 heteroatoms. The minimum Gasteiger partial charge on any atom is -0.397 e. The predicted molar refractivity (Wildman–Crippen MR) is 129 cm³/mol. The molecule has 0 radical (unpaired) electrons. The number of nitrogens with one attached hydrogen (secondary N) is 2. The molecule has 4 aromatic rings. The van der Waals surface area contributed by atoms with Crippen molar-refractivity contribution in [2.24, 2.45) is 0 Å². The first kappa shape index (κ1) is 21.5. The lowest BCUT2D eigenvalue weighted by molar-refractivity contribution is 0.102. The van der Waals surface area contributed by atoms with Gasteiger partial charge < -0.3 is 22.1 Å². The molecule has 2 aromatic heterocycles. The zero-order chi connectivity index (χ0) is 23.2. The number of carbonyl (C=O) groups excluding carboxylic acids is 1. The number of aromatic nitrogens is 4. The van der Waals surface area contributed by atoms with Crippen LogP contribution in [0.15, 0.2) is 72.9 Å². The van der Waals surface area contributed by atoms with Gasteiger partial charge in [-0.05, 0) is 42.0 Å². The summed E-state index contributed by atoms with van der Waals surface area (Å²) in [5.41, 5.74) is 14.3. The highest BCUT2D eigenvalue weighted by atomic mass is 16.1. The second kappa shape index (κ2) is 9.60. The molecule has 2 aromatic carbocycles. The van der Waals surface area contributed by atoms with Crippen LogP contribution in [0.1, 0.15) is 15.9 Å². The standard InChI is InChI=1S/C23H23N9O/c1-32(19-8-4-5-13-26-19)23-30-21(25)29-22(31-23)27-14-15-9-11-16(12-10-15)20(33)28-18-7-3-2-6-17(18)24/h2-13H,14,24H2,1H3,(H,28,33)(H3,25,27,29,30,31). The van der Waals surface area contributed by atoms with Gasteiger partial charge in [0.1, 0.15) is 5.82 Å². The Labute approximate surface area is 190 Å². The third kappa shape index (κ3) is 5.31. The van der Waals surface area contributed by atoms with Crippen LogP contribution >= 0.6 is 0 Å². The van der Waals surface area contributed by atoms with Crippen LogP contribution in [0, 0.1) is 0 Å². The van der Waals surface area contributed by atoms with Crippen LogP contribution in [-0.4, -0.2) is 32.9 Å². The molecule has 0 unspecified atom stereocenters. The summed E-state index contributed by atoms with van der Waals surface area (Å²) in [5.74, 6) is 1.25. The van der Waals surface area contributed by atoms with E-state index in [-0.39, 0.29) is 11.9 Å². The molecule has 0 aliphatic carbocycles. The van der Waals surface area contributed by atoms with E-state index in [0.29, 0.717) is 41.2 Å². The molecule has 0 aliphatic rings. The van der Waals surface area contributed by atoms with E-state index in [1.807, 2.05) is 42.5 Å². The lowest BCUT2D eigenvalue weighted by atomic mass is 10.1. The molecule has 0 aliphatic heterocycles. The Morgan fingerprint density at radius 2 is 1.70 bits per heavy atom. The largest absolute Gasteiger partial charge is 0.397 e. The van der Waals surface area contributed by atoms with Gasteiger partial charge in [0, 0.05) is 25.4 Å². The van der Waals surface area contributed by atoms with E-state index < -0.39 is 0 Å². The van der Waals surface area contributed by atoms with Crippen LogP contribution in [0.25, 0.3) is 0 Å². The summed E-state index contributed by atoms with van der Waals surface area (Å²) < 4.78 is 0. The van der Waals surface area contributed by atoms with Crippen LogP contribution < -0.4 is 27.0 Å². The number of rotatable bonds is 7. The molecule has 6 N–H and O–H groups in total. The summed E-state index contributed by atoms with van der Waals surface area (Å²) in [7, 11) is 1.80. The molecule has 0 spiro atoms. The van der Waals surface area contributed by atoms with E-state index in [9.17, 15) is 4.79 Å². The quantitative estimate of drug-likeness (QED) is 0.317. The van der Waals surface area contributed by atoms with E-state index in [2.05, 4.69) is 30.6 Å². The summed E-state index contributed by atoms with van der Waals surface area (Å²) in [5, 5.41) is 5.95. The molecule has 0 fully saturated rings. The first-order valence-electron chi connectivity index (χ1n) is 10.1. The van der Waals surface area contributed by atoms with Crippen LogP contribution in [-0.2, 0) is 6.54 Å². The summed E-state index contributed by atoms with van der Waals surface area (Å²) in [6.07, 6.45) is 1.69. The zero-order valence-corrected chi connectivity index (χ0v) is 17.9. The Morgan fingerprint density at radius 3 is 2.42 bits per heavy atom. The summed E-state index contributed by atoms with van der Waals surface area (Å²) in [6.45, 7) is 0.434. The van der Waals surface area contributed by atoms with Crippen molar-refractivity contribution >= 4 is 40.9 Å². The van der Waals surface area contributed by atoms with Crippen molar-refractivity contribution < 1.29 is 4.79 Å². The number of para-hydroxylation sites is 2. The predicted octanol–water partition coefficient (Wildman–Crippen LogP) is 3.06. The molecule has 2 heterocycles. The molecule has 33 heavy (non-hydrogen) atoms. The zero-order valence-electron chi connectivity index (χ0n) is 17.9. The summed E-state index contributed by atoms with van der Waals surface area (Å²) >= 11 is 0. The van der Waals surface area contributed by atoms with Gasteiger partial charge in [-0.1, -0.05) is 30.3 Å². The van der Waals surface area contributed by atoms with Crippen molar-refractivity contribution in [3.05, 3.63) is 84.1 Å². The van der Waals surface area contributed by atoms with Gasteiger partial charge in [-0.2, -0.15) is 15.0 Å². The Kier molecular flexibility index (Phi) is 6.26. The second-order valence-electron chi connectivity index (χ2n) is 7.16. The number of nitrogen functional groups attached to an aromatic ring is 2. The monoisotopic (exact) mass is 441 g/mol. The highest BCUT2D eigenvalue weighted by molar-refractivity contribution is 6.05. The van der Waals surface area contributed by atoms with Gasteiger partial charge in [0.2, 0.25) is 17.8 Å². The topological polar surface area (TPSA) is 148 Å². The SMILES string of the molecule is CN(c1ccccn1)c1nc(N)nc(NCc2ccc(C(=O)Nc3ccccc3N)cc2)n1. The molecule has 0 bridgehead atoms. The molecular weight excluding hydrogens is 418 g/mol. The smallest absolute Gasteiger partial charge is 0.255 e. The highest BCUT2D eigenvalue weighted by Crippen LogP contribution is 2.20. The van der Waals surface area contributed by atoms with Crippen molar-refractivity contribution in [1.82, 2.24) is 19.9 Å². The van der Waals surface area contributed by atoms with Gasteiger partial charge in [0.15, 0.2) is 0 Å². The van der Waals surface area contributed by atoms with E-state index >= 15 is 0 Å². The molecule has 0 atom stereocenters. The summed E-state index contributed by atoms with van der Waals surface area (Å²) in [4.78, 5) is 31.2. The number of anilines is 6. The maximum absolute atomic E-state index is 12.5. The Hall–Kier alpha value is -4.73. The van der Waals surface area contributed by atoms with Crippen LogP contribution in [0.5, 0.6) is 0 Å².